The van der Waals surface area contributed by atoms with Crippen LogP contribution in [-0.2, 0) is 19.6 Å². The molecule has 7 nitrogen and oxygen atoms in total. The minimum absolute atomic E-state index is 0.0502. The number of carbonyl (C=O) groups is 1. The smallest absolute Gasteiger partial charge is 0.262 e. The van der Waals surface area contributed by atoms with Crippen molar-refractivity contribution in [2.75, 3.05) is 38.2 Å². The van der Waals surface area contributed by atoms with Gasteiger partial charge in [0.1, 0.15) is 16.5 Å². The van der Waals surface area contributed by atoms with Gasteiger partial charge in [-0.25, -0.2) is 12.8 Å². The SMILES string of the molecule is O=C(COc1ccc(Cl)c(S(=O)(=O)N2CCOCC2)c1)Nc1ccc(F)c(Cl)c1. The summed E-state index contributed by atoms with van der Waals surface area (Å²) in [7, 11) is -3.82. The number of morpholine rings is 1. The van der Waals surface area contributed by atoms with E-state index in [4.69, 9.17) is 32.7 Å². The molecule has 11 heteroatoms. The predicted molar refractivity (Wildman–Crippen MR) is 107 cm³/mol. The summed E-state index contributed by atoms with van der Waals surface area (Å²) in [6, 6.07) is 7.87. The Balaban J connectivity index is 1.67. The molecule has 1 aliphatic heterocycles. The van der Waals surface area contributed by atoms with Gasteiger partial charge in [-0.1, -0.05) is 23.2 Å². The zero-order valence-electron chi connectivity index (χ0n) is 15.0. The number of nitrogens with one attached hydrogen (secondary N) is 1. The van der Waals surface area contributed by atoms with E-state index in [2.05, 4.69) is 5.32 Å². The zero-order chi connectivity index (χ0) is 21.0. The highest BCUT2D eigenvalue weighted by molar-refractivity contribution is 7.89. The van der Waals surface area contributed by atoms with Crippen molar-refractivity contribution >= 4 is 44.8 Å². The lowest BCUT2D eigenvalue weighted by molar-refractivity contribution is -0.118. The molecular weight excluding hydrogens is 446 g/mol. The third-order valence-electron chi connectivity index (χ3n) is 4.06. The second kappa shape index (κ2) is 9.27. The van der Waals surface area contributed by atoms with E-state index in [9.17, 15) is 17.6 Å². The van der Waals surface area contributed by atoms with Gasteiger partial charge in [0.25, 0.3) is 5.91 Å². The molecule has 156 valence electrons. The van der Waals surface area contributed by atoms with Crippen LogP contribution in [0.1, 0.15) is 0 Å². The molecule has 3 rings (SSSR count). The number of rotatable bonds is 6. The van der Waals surface area contributed by atoms with Crippen LogP contribution in [0.15, 0.2) is 41.3 Å². The van der Waals surface area contributed by atoms with Gasteiger partial charge in [0.05, 0.1) is 23.3 Å². The first-order valence-electron chi connectivity index (χ1n) is 8.52. The maximum absolute atomic E-state index is 13.2. The van der Waals surface area contributed by atoms with Crippen LogP contribution < -0.4 is 10.1 Å². The van der Waals surface area contributed by atoms with E-state index in [1.807, 2.05) is 0 Å². The molecule has 29 heavy (non-hydrogen) atoms. The number of hydrogen-bond acceptors (Lipinski definition) is 5. The Morgan fingerprint density at radius 2 is 1.86 bits per heavy atom. The van der Waals surface area contributed by atoms with Crippen LogP contribution >= 0.6 is 23.2 Å². The predicted octanol–water partition coefficient (Wildman–Crippen LogP) is 3.17. The van der Waals surface area contributed by atoms with Crippen molar-refractivity contribution in [3.8, 4) is 5.75 Å². The molecule has 0 bridgehead atoms. The number of amides is 1. The highest BCUT2D eigenvalue weighted by atomic mass is 35.5. The maximum Gasteiger partial charge on any atom is 0.262 e. The van der Waals surface area contributed by atoms with Crippen LogP contribution in [0.3, 0.4) is 0 Å². The van der Waals surface area contributed by atoms with Crippen molar-refractivity contribution in [3.05, 3.63) is 52.3 Å². The number of carbonyl (C=O) groups excluding carboxylic acids is 1. The summed E-state index contributed by atoms with van der Waals surface area (Å²) in [4.78, 5) is 11.9. The topological polar surface area (TPSA) is 84.9 Å². The molecule has 2 aromatic carbocycles. The van der Waals surface area contributed by atoms with Crippen molar-refractivity contribution in [2.45, 2.75) is 4.90 Å². The number of ether oxygens (including phenoxy) is 2. The lowest BCUT2D eigenvalue weighted by Gasteiger charge is -2.26. The van der Waals surface area contributed by atoms with Crippen LogP contribution in [0.5, 0.6) is 5.75 Å². The Morgan fingerprint density at radius 3 is 2.55 bits per heavy atom. The minimum Gasteiger partial charge on any atom is -0.484 e. The van der Waals surface area contributed by atoms with E-state index in [-0.39, 0.29) is 33.8 Å². The van der Waals surface area contributed by atoms with E-state index in [1.165, 1.54) is 34.6 Å². The van der Waals surface area contributed by atoms with Gasteiger partial charge in [-0.15, -0.1) is 0 Å². The summed E-state index contributed by atoms with van der Waals surface area (Å²) in [5.41, 5.74) is 0.302. The van der Waals surface area contributed by atoms with Crippen LogP contribution in [0.2, 0.25) is 10.0 Å². The minimum atomic E-state index is -3.82. The highest BCUT2D eigenvalue weighted by Gasteiger charge is 2.28. The normalized spacial score (nSPS) is 15.1. The molecule has 0 aliphatic carbocycles. The molecule has 0 spiro atoms. The molecule has 1 saturated heterocycles. The van der Waals surface area contributed by atoms with Gasteiger partial charge in [0, 0.05) is 24.8 Å². The molecule has 0 aromatic heterocycles. The van der Waals surface area contributed by atoms with Gasteiger partial charge < -0.3 is 14.8 Å². The summed E-state index contributed by atoms with van der Waals surface area (Å²) in [6.07, 6.45) is 0. The van der Waals surface area contributed by atoms with Crippen molar-refractivity contribution in [1.82, 2.24) is 4.31 Å². The van der Waals surface area contributed by atoms with Crippen molar-refractivity contribution in [1.29, 1.82) is 0 Å². The third-order valence-corrected chi connectivity index (χ3v) is 6.73. The second-order valence-electron chi connectivity index (χ2n) is 6.07. The first-order valence-corrected chi connectivity index (χ1v) is 10.7. The Morgan fingerprint density at radius 1 is 1.14 bits per heavy atom. The zero-order valence-corrected chi connectivity index (χ0v) is 17.4. The van der Waals surface area contributed by atoms with E-state index in [1.54, 1.807) is 0 Å². The molecular formula is C18H17Cl2FN2O5S. The lowest BCUT2D eigenvalue weighted by atomic mass is 10.3. The largest absolute Gasteiger partial charge is 0.484 e. The maximum atomic E-state index is 13.2. The van der Waals surface area contributed by atoms with Gasteiger partial charge in [-0.05, 0) is 30.3 Å². The van der Waals surface area contributed by atoms with Gasteiger partial charge in [0.2, 0.25) is 10.0 Å². The average Bonchev–Trinajstić information content (AvgIpc) is 2.70. The quantitative estimate of drug-likeness (QED) is 0.712. The molecule has 0 unspecified atom stereocenters. The van der Waals surface area contributed by atoms with Crippen LogP contribution in [0.4, 0.5) is 10.1 Å². The van der Waals surface area contributed by atoms with Crippen LogP contribution in [0.25, 0.3) is 0 Å². The molecule has 1 aliphatic rings. The first kappa shape index (κ1) is 21.8. The number of hydrogen-bond donors (Lipinski definition) is 1. The Labute approximate surface area is 177 Å². The third kappa shape index (κ3) is 5.37. The van der Waals surface area contributed by atoms with Gasteiger partial charge in [-0.2, -0.15) is 4.31 Å². The molecule has 1 heterocycles. The number of anilines is 1. The highest BCUT2D eigenvalue weighted by Crippen LogP contribution is 2.29. The summed E-state index contributed by atoms with van der Waals surface area (Å²) < 4.78 is 50.6. The van der Waals surface area contributed by atoms with Gasteiger partial charge >= 0.3 is 0 Å². The van der Waals surface area contributed by atoms with Crippen molar-refractivity contribution < 1.29 is 27.1 Å². The monoisotopic (exact) mass is 462 g/mol. The number of sulfonamides is 1. The fourth-order valence-electron chi connectivity index (χ4n) is 2.62. The molecule has 1 N–H and O–H groups in total. The first-order chi connectivity index (χ1) is 13.8. The Kier molecular flexibility index (Phi) is 6.97. The van der Waals surface area contributed by atoms with E-state index in [0.717, 1.165) is 6.07 Å². The summed E-state index contributed by atoms with van der Waals surface area (Å²) in [5, 5.41) is 2.43. The van der Waals surface area contributed by atoms with Gasteiger partial charge in [0.15, 0.2) is 6.61 Å². The number of nitrogens with zero attached hydrogens (tertiary/aromatic N) is 1. The lowest BCUT2D eigenvalue weighted by Crippen LogP contribution is -2.40. The van der Waals surface area contributed by atoms with Crippen LogP contribution in [-0.4, -0.2) is 51.5 Å². The molecule has 0 saturated carbocycles. The summed E-state index contributed by atoms with van der Waals surface area (Å²) in [6.45, 7) is 0.674. The summed E-state index contributed by atoms with van der Waals surface area (Å²) in [5.74, 6) is -0.968. The Bertz CT molecular complexity index is 1010. The fourth-order valence-corrected chi connectivity index (χ4v) is 4.70. The molecule has 2 aromatic rings. The second-order valence-corrected chi connectivity index (χ2v) is 8.80. The number of benzene rings is 2. The van der Waals surface area contributed by atoms with E-state index in [0.29, 0.717) is 18.9 Å². The summed E-state index contributed by atoms with van der Waals surface area (Å²) >= 11 is 11.8. The average molecular weight is 463 g/mol. The molecule has 0 radical (unpaired) electrons. The molecule has 1 amide bonds. The standard InChI is InChI=1S/C18H17Cl2FN2O5S/c19-14-3-2-13(10-17(14)29(25,26)23-5-7-27-8-6-23)28-11-18(24)22-12-1-4-16(21)15(20)9-12/h1-4,9-10H,5-8,11H2,(H,22,24). The van der Waals surface area contributed by atoms with Crippen molar-refractivity contribution in [3.63, 3.8) is 0 Å². The fraction of sp³-hybridized carbons (Fsp3) is 0.278. The van der Waals surface area contributed by atoms with Gasteiger partial charge in [-0.3, -0.25) is 4.79 Å². The molecule has 0 atom stereocenters. The van der Waals surface area contributed by atoms with Crippen molar-refractivity contribution in [2.24, 2.45) is 0 Å². The number of halogens is 3. The van der Waals surface area contributed by atoms with E-state index < -0.39 is 28.4 Å². The molecule has 1 fully saturated rings. The Hall–Kier alpha value is -1.91. The van der Waals surface area contributed by atoms with Crippen LogP contribution in [0, 0.1) is 5.82 Å². The van der Waals surface area contributed by atoms with E-state index >= 15 is 0 Å².